The fraction of sp³-hybridized carbons (Fsp3) is 0.231. The first-order valence-electron chi connectivity index (χ1n) is 10.7. The van der Waals surface area contributed by atoms with Gasteiger partial charge in [0.05, 0.1) is 17.6 Å². The van der Waals surface area contributed by atoms with E-state index in [4.69, 9.17) is 55.9 Å². The Morgan fingerprint density at radius 1 is 1.00 bits per heavy atom. The second-order valence-electron chi connectivity index (χ2n) is 8.38. The fourth-order valence-corrected chi connectivity index (χ4v) is 6.48. The van der Waals surface area contributed by atoms with Crippen LogP contribution in [-0.2, 0) is 6.61 Å². The van der Waals surface area contributed by atoms with E-state index in [-0.39, 0.29) is 18.6 Å². The van der Waals surface area contributed by atoms with Gasteiger partial charge in [-0.3, -0.25) is 0 Å². The van der Waals surface area contributed by atoms with Crippen LogP contribution in [-0.4, -0.2) is 7.11 Å². The minimum absolute atomic E-state index is 0.0481. The van der Waals surface area contributed by atoms with Crippen LogP contribution in [0.5, 0.6) is 11.5 Å². The summed E-state index contributed by atoms with van der Waals surface area (Å²) in [6.07, 6.45) is 5.42. The maximum Gasteiger partial charge on any atom is 0.175 e. The molecule has 1 heterocycles. The average molecular weight is 600 g/mol. The molecule has 0 radical (unpaired) electrons. The van der Waals surface area contributed by atoms with Crippen molar-refractivity contribution in [2.45, 2.75) is 25.0 Å². The Morgan fingerprint density at radius 3 is 2.56 bits per heavy atom. The normalized spacial score (nSPS) is 20.5. The molecule has 0 aromatic heterocycles. The summed E-state index contributed by atoms with van der Waals surface area (Å²) in [5.41, 5.74) is 3.99. The minimum Gasteiger partial charge on any atom is -0.493 e. The predicted octanol–water partition coefficient (Wildman–Crippen LogP) is 9.48. The van der Waals surface area contributed by atoms with E-state index in [1.807, 2.05) is 24.3 Å². The Kier molecular flexibility index (Phi) is 6.98. The number of nitrogens with one attached hydrogen (secondary N) is 1. The van der Waals surface area contributed by atoms with E-state index >= 15 is 0 Å². The lowest BCUT2D eigenvalue weighted by atomic mass is 9.77. The molecule has 0 bridgehead atoms. The second-order valence-corrected chi connectivity index (χ2v) is 10.9. The summed E-state index contributed by atoms with van der Waals surface area (Å²) < 4.78 is 12.6. The molecule has 3 atom stereocenters. The van der Waals surface area contributed by atoms with Gasteiger partial charge < -0.3 is 14.8 Å². The van der Waals surface area contributed by atoms with Crippen molar-refractivity contribution in [2.24, 2.45) is 5.92 Å². The van der Waals surface area contributed by atoms with E-state index in [0.29, 0.717) is 37.5 Å². The van der Waals surface area contributed by atoms with Crippen molar-refractivity contribution in [1.82, 2.24) is 0 Å². The van der Waals surface area contributed by atoms with Crippen LogP contribution < -0.4 is 14.8 Å². The van der Waals surface area contributed by atoms with E-state index < -0.39 is 0 Å². The van der Waals surface area contributed by atoms with Crippen molar-refractivity contribution in [3.05, 3.63) is 95.9 Å². The number of methoxy groups -OCH3 is 1. The highest BCUT2D eigenvalue weighted by Crippen LogP contribution is 2.53. The van der Waals surface area contributed by atoms with E-state index in [1.165, 1.54) is 0 Å². The van der Waals surface area contributed by atoms with E-state index in [0.717, 1.165) is 33.3 Å². The summed E-state index contributed by atoms with van der Waals surface area (Å²) in [7, 11) is 1.64. The standard InChI is InChI=1S/C26H20BrCl4NO2/c1-33-23-8-14(7-19(27)26(23)34-12-13-5-6-15(28)9-20(13)30)25-18-4-2-3-17(18)24-21(31)10-16(29)11-22(24)32-25/h2-3,5-11,17-18,25,32H,4,12H2,1H3/t17-,18+,25+/m1/s1. The third kappa shape index (κ3) is 4.52. The van der Waals surface area contributed by atoms with Gasteiger partial charge in [-0.1, -0.05) is 64.6 Å². The number of hydrogen-bond acceptors (Lipinski definition) is 3. The van der Waals surface area contributed by atoms with Crippen LogP contribution in [0.3, 0.4) is 0 Å². The van der Waals surface area contributed by atoms with E-state index in [2.05, 4.69) is 39.5 Å². The lowest BCUT2D eigenvalue weighted by Gasteiger charge is -2.38. The van der Waals surface area contributed by atoms with Gasteiger partial charge in [-0.15, -0.1) is 0 Å². The summed E-state index contributed by atoms with van der Waals surface area (Å²) in [5.74, 6) is 1.79. The van der Waals surface area contributed by atoms with Gasteiger partial charge in [-0.25, -0.2) is 0 Å². The number of fused-ring (bicyclic) bond motifs is 3. The molecule has 0 unspecified atom stereocenters. The molecule has 0 amide bonds. The zero-order chi connectivity index (χ0) is 24.0. The first-order chi connectivity index (χ1) is 16.4. The topological polar surface area (TPSA) is 30.5 Å². The molecular weight excluding hydrogens is 580 g/mol. The van der Waals surface area contributed by atoms with Crippen molar-refractivity contribution in [2.75, 3.05) is 12.4 Å². The number of benzene rings is 3. The highest BCUT2D eigenvalue weighted by Gasteiger charge is 2.39. The van der Waals surface area contributed by atoms with Crippen LogP contribution in [0.1, 0.15) is 35.1 Å². The average Bonchev–Trinajstić information content (AvgIpc) is 3.27. The summed E-state index contributed by atoms with van der Waals surface area (Å²) in [6, 6.07) is 13.2. The van der Waals surface area contributed by atoms with Crippen LogP contribution in [0, 0.1) is 5.92 Å². The molecule has 1 N–H and O–H groups in total. The molecule has 0 fully saturated rings. The number of hydrogen-bond donors (Lipinski definition) is 1. The van der Waals surface area contributed by atoms with Crippen LogP contribution in [0.15, 0.2) is 59.1 Å². The highest BCUT2D eigenvalue weighted by atomic mass is 79.9. The molecule has 3 nitrogen and oxygen atoms in total. The Balaban J connectivity index is 1.47. The van der Waals surface area contributed by atoms with Crippen LogP contribution in [0.2, 0.25) is 20.1 Å². The SMILES string of the molecule is COc1cc([C@@H]2Nc3cc(Cl)cc(Cl)c3[C@@H]3C=CC[C@@H]32)cc(Br)c1OCc1ccc(Cl)cc1Cl. The third-order valence-electron chi connectivity index (χ3n) is 6.38. The summed E-state index contributed by atoms with van der Waals surface area (Å²) in [6.45, 7) is 0.283. The largest absolute Gasteiger partial charge is 0.493 e. The van der Waals surface area contributed by atoms with Gasteiger partial charge in [0.25, 0.3) is 0 Å². The number of rotatable bonds is 5. The minimum atomic E-state index is 0.0481. The Morgan fingerprint density at radius 2 is 1.79 bits per heavy atom. The monoisotopic (exact) mass is 597 g/mol. The maximum absolute atomic E-state index is 6.59. The van der Waals surface area contributed by atoms with Gasteiger partial charge >= 0.3 is 0 Å². The smallest absolute Gasteiger partial charge is 0.175 e. The number of halogens is 5. The Hall–Kier alpha value is -1.56. The number of ether oxygens (including phenoxy) is 2. The molecule has 1 aliphatic heterocycles. The molecule has 34 heavy (non-hydrogen) atoms. The van der Waals surface area contributed by atoms with E-state index in [9.17, 15) is 0 Å². The molecule has 0 spiro atoms. The van der Waals surface area contributed by atoms with Crippen molar-refractivity contribution in [3.63, 3.8) is 0 Å². The van der Waals surface area contributed by atoms with Gasteiger partial charge in [0.2, 0.25) is 0 Å². The number of allylic oxidation sites excluding steroid dienone is 2. The molecule has 2 aliphatic rings. The summed E-state index contributed by atoms with van der Waals surface area (Å²) >= 11 is 28.9. The van der Waals surface area contributed by atoms with Gasteiger partial charge in [0.1, 0.15) is 6.61 Å². The van der Waals surface area contributed by atoms with Gasteiger partial charge in [-0.05, 0) is 70.2 Å². The van der Waals surface area contributed by atoms with Crippen molar-refractivity contribution in [1.29, 1.82) is 0 Å². The molecule has 1 aliphatic carbocycles. The molecule has 3 aromatic rings. The molecule has 0 saturated heterocycles. The predicted molar refractivity (Wildman–Crippen MR) is 144 cm³/mol. The molecule has 176 valence electrons. The molecule has 8 heteroatoms. The fourth-order valence-electron chi connectivity index (χ4n) is 4.82. The van der Waals surface area contributed by atoms with Crippen molar-refractivity contribution >= 4 is 68.0 Å². The first kappa shape index (κ1) is 24.1. The van der Waals surface area contributed by atoms with Crippen molar-refractivity contribution in [3.8, 4) is 11.5 Å². The van der Waals surface area contributed by atoms with Crippen LogP contribution >= 0.6 is 62.3 Å². The van der Waals surface area contributed by atoms with E-state index in [1.54, 1.807) is 19.2 Å². The Labute approximate surface area is 227 Å². The van der Waals surface area contributed by atoms with Crippen LogP contribution in [0.25, 0.3) is 0 Å². The third-order valence-corrected chi connectivity index (χ3v) is 8.08. The lowest BCUT2D eigenvalue weighted by Crippen LogP contribution is -2.29. The van der Waals surface area contributed by atoms with Crippen molar-refractivity contribution < 1.29 is 9.47 Å². The summed E-state index contributed by atoms with van der Waals surface area (Å²) in [5, 5.41) is 6.12. The van der Waals surface area contributed by atoms with Gasteiger partial charge in [0.15, 0.2) is 11.5 Å². The van der Waals surface area contributed by atoms with Crippen LogP contribution in [0.4, 0.5) is 5.69 Å². The molecule has 0 saturated carbocycles. The van der Waals surface area contributed by atoms with Gasteiger partial charge in [-0.2, -0.15) is 0 Å². The second kappa shape index (κ2) is 9.83. The molecule has 3 aromatic carbocycles. The Bertz CT molecular complexity index is 1300. The highest BCUT2D eigenvalue weighted by molar-refractivity contribution is 9.10. The quantitative estimate of drug-likeness (QED) is 0.296. The zero-order valence-electron chi connectivity index (χ0n) is 18.0. The maximum atomic E-state index is 6.59. The lowest BCUT2D eigenvalue weighted by molar-refractivity contribution is 0.282. The summed E-state index contributed by atoms with van der Waals surface area (Å²) in [4.78, 5) is 0. The molecule has 5 rings (SSSR count). The number of anilines is 1. The first-order valence-corrected chi connectivity index (χ1v) is 13.0. The zero-order valence-corrected chi connectivity index (χ0v) is 22.7. The van der Waals surface area contributed by atoms with Gasteiger partial charge in [0, 0.05) is 42.8 Å². The molecular formula is C26H20BrCl4NO2.